The fourth-order valence-electron chi connectivity index (χ4n) is 2.31. The van der Waals surface area contributed by atoms with Gasteiger partial charge >= 0.3 is 0 Å². The first kappa shape index (κ1) is 15.9. The van der Waals surface area contributed by atoms with Gasteiger partial charge in [0.25, 0.3) is 0 Å². The van der Waals surface area contributed by atoms with Crippen molar-refractivity contribution in [3.63, 3.8) is 0 Å². The van der Waals surface area contributed by atoms with E-state index in [9.17, 15) is 8.42 Å². The number of hydrogen-bond acceptors (Lipinski definition) is 4. The zero-order valence-corrected chi connectivity index (χ0v) is 14.1. The van der Waals surface area contributed by atoms with Gasteiger partial charge in [-0.15, -0.1) is 11.3 Å². The van der Waals surface area contributed by atoms with Crippen molar-refractivity contribution in [3.05, 3.63) is 15.8 Å². The summed E-state index contributed by atoms with van der Waals surface area (Å²) in [6.45, 7) is 8.54. The molecule has 0 aromatic carbocycles. The minimum Gasteiger partial charge on any atom is -0.312 e. The maximum Gasteiger partial charge on any atom is 0.244 e. The van der Waals surface area contributed by atoms with E-state index in [1.807, 2.05) is 26.2 Å². The lowest BCUT2D eigenvalue weighted by atomic mass is 10.3. The average molecular weight is 316 g/mol. The van der Waals surface area contributed by atoms with Crippen molar-refractivity contribution < 1.29 is 8.42 Å². The highest BCUT2D eigenvalue weighted by Crippen LogP contribution is 2.34. The Hall–Kier alpha value is -0.430. The average Bonchev–Trinajstić information content (AvgIpc) is 3.15. The number of rotatable bonds is 8. The Morgan fingerprint density at radius 1 is 1.40 bits per heavy atom. The first-order valence-corrected chi connectivity index (χ1v) is 9.60. The van der Waals surface area contributed by atoms with E-state index in [0.717, 1.165) is 17.0 Å². The first-order valence-electron chi connectivity index (χ1n) is 7.28. The van der Waals surface area contributed by atoms with E-state index in [0.29, 0.717) is 30.4 Å². The Morgan fingerprint density at radius 2 is 2.10 bits per heavy atom. The van der Waals surface area contributed by atoms with Crippen molar-refractivity contribution in [1.82, 2.24) is 9.62 Å². The largest absolute Gasteiger partial charge is 0.312 e. The highest BCUT2D eigenvalue weighted by atomic mass is 32.2. The van der Waals surface area contributed by atoms with Gasteiger partial charge < -0.3 is 5.32 Å². The molecule has 0 spiro atoms. The van der Waals surface area contributed by atoms with Gasteiger partial charge in [-0.2, -0.15) is 4.31 Å². The normalized spacial score (nSPS) is 16.0. The summed E-state index contributed by atoms with van der Waals surface area (Å²) in [6.07, 6.45) is 2.33. The Bertz CT molecular complexity index is 548. The van der Waals surface area contributed by atoms with Crippen molar-refractivity contribution >= 4 is 21.4 Å². The molecule has 1 aliphatic carbocycles. The summed E-state index contributed by atoms with van der Waals surface area (Å²) in [6, 6.07) is 0. The van der Waals surface area contributed by atoms with Gasteiger partial charge in [0.1, 0.15) is 4.90 Å². The molecule has 1 fully saturated rings. The van der Waals surface area contributed by atoms with Gasteiger partial charge in [-0.3, -0.25) is 0 Å². The van der Waals surface area contributed by atoms with Gasteiger partial charge in [-0.1, -0.05) is 13.8 Å². The van der Waals surface area contributed by atoms with Crippen LogP contribution < -0.4 is 5.32 Å². The highest BCUT2D eigenvalue weighted by molar-refractivity contribution is 7.89. The van der Waals surface area contributed by atoms with E-state index in [4.69, 9.17) is 0 Å². The van der Waals surface area contributed by atoms with Crippen LogP contribution >= 0.6 is 11.3 Å². The van der Waals surface area contributed by atoms with Crippen LogP contribution in [0.3, 0.4) is 0 Å². The van der Waals surface area contributed by atoms with Gasteiger partial charge in [0.05, 0.1) is 0 Å². The zero-order chi connectivity index (χ0) is 14.8. The van der Waals surface area contributed by atoms with E-state index in [1.54, 1.807) is 4.31 Å². The maximum absolute atomic E-state index is 12.9. The number of hydrogen-bond donors (Lipinski definition) is 1. The summed E-state index contributed by atoms with van der Waals surface area (Å²) in [5.74, 6) is 0.570. The minimum atomic E-state index is -3.35. The molecule has 114 valence electrons. The molecule has 0 radical (unpaired) electrons. The summed E-state index contributed by atoms with van der Waals surface area (Å²) >= 11 is 1.54. The third-order valence-electron chi connectivity index (χ3n) is 3.63. The molecule has 0 bridgehead atoms. The second-order valence-electron chi connectivity index (χ2n) is 5.35. The van der Waals surface area contributed by atoms with E-state index in [1.165, 1.54) is 24.2 Å². The zero-order valence-electron chi connectivity index (χ0n) is 12.5. The lowest BCUT2D eigenvalue weighted by Gasteiger charge is -2.21. The second kappa shape index (κ2) is 6.56. The Kier molecular flexibility index (Phi) is 5.23. The third-order valence-corrected chi connectivity index (χ3v) is 7.04. The van der Waals surface area contributed by atoms with Gasteiger partial charge in [0.2, 0.25) is 10.0 Å². The van der Waals surface area contributed by atoms with Crippen LogP contribution in [0.5, 0.6) is 0 Å². The van der Waals surface area contributed by atoms with Crippen molar-refractivity contribution in [2.45, 2.75) is 45.1 Å². The van der Waals surface area contributed by atoms with Crippen molar-refractivity contribution in [3.8, 4) is 0 Å². The monoisotopic (exact) mass is 316 g/mol. The summed E-state index contributed by atoms with van der Waals surface area (Å²) in [4.78, 5) is 1.46. The van der Waals surface area contributed by atoms with Gasteiger partial charge in [0.15, 0.2) is 0 Å². The quantitative estimate of drug-likeness (QED) is 0.802. The molecule has 2 rings (SSSR count). The Balaban J connectivity index is 2.28. The molecule has 0 unspecified atom stereocenters. The summed E-state index contributed by atoms with van der Waals surface area (Å²) in [7, 11) is -3.35. The summed E-state index contributed by atoms with van der Waals surface area (Å²) in [5, 5.41) is 5.18. The summed E-state index contributed by atoms with van der Waals surface area (Å²) in [5.41, 5.74) is 0.872. The SMILES string of the molecule is CCNCc1scc(C)c1S(=O)(=O)N(CC)CC1CC1. The standard InChI is InChI=1S/C14H24N2O2S2/c1-4-15-8-13-14(11(3)10-19-13)20(17,18)16(5-2)9-12-6-7-12/h10,12,15H,4-9H2,1-3H3. The molecule has 1 heterocycles. The first-order chi connectivity index (χ1) is 9.50. The van der Waals surface area contributed by atoms with Crippen LogP contribution in [0.2, 0.25) is 0 Å². The van der Waals surface area contributed by atoms with Gasteiger partial charge in [0, 0.05) is 24.5 Å². The molecule has 1 saturated carbocycles. The van der Waals surface area contributed by atoms with Crippen LogP contribution in [-0.4, -0.2) is 32.4 Å². The van der Waals surface area contributed by atoms with Crippen LogP contribution in [-0.2, 0) is 16.6 Å². The molecule has 6 heteroatoms. The van der Waals surface area contributed by atoms with Crippen LogP contribution in [0.1, 0.15) is 37.1 Å². The third kappa shape index (κ3) is 3.42. The number of sulfonamides is 1. The van der Waals surface area contributed by atoms with Crippen molar-refractivity contribution in [2.24, 2.45) is 5.92 Å². The van der Waals surface area contributed by atoms with E-state index >= 15 is 0 Å². The van der Waals surface area contributed by atoms with Crippen LogP contribution in [0, 0.1) is 12.8 Å². The molecule has 0 atom stereocenters. The maximum atomic E-state index is 12.9. The predicted octanol–water partition coefficient (Wildman–Crippen LogP) is 2.59. The van der Waals surface area contributed by atoms with Crippen molar-refractivity contribution in [2.75, 3.05) is 19.6 Å². The molecular formula is C14H24N2O2S2. The van der Waals surface area contributed by atoms with Crippen LogP contribution in [0.15, 0.2) is 10.3 Å². The van der Waals surface area contributed by atoms with E-state index in [-0.39, 0.29) is 0 Å². The fraction of sp³-hybridized carbons (Fsp3) is 0.714. The highest BCUT2D eigenvalue weighted by Gasteiger charge is 2.33. The second-order valence-corrected chi connectivity index (χ2v) is 8.19. The number of thiophene rings is 1. The molecule has 0 aliphatic heterocycles. The fourth-order valence-corrected chi connectivity index (χ4v) is 5.56. The van der Waals surface area contributed by atoms with Crippen LogP contribution in [0.25, 0.3) is 0 Å². The van der Waals surface area contributed by atoms with E-state index < -0.39 is 10.0 Å². The van der Waals surface area contributed by atoms with E-state index in [2.05, 4.69) is 5.32 Å². The van der Waals surface area contributed by atoms with Crippen LogP contribution in [0.4, 0.5) is 0 Å². The smallest absolute Gasteiger partial charge is 0.244 e. The van der Waals surface area contributed by atoms with Gasteiger partial charge in [-0.05, 0) is 43.2 Å². The molecular weight excluding hydrogens is 292 g/mol. The lowest BCUT2D eigenvalue weighted by molar-refractivity contribution is 0.411. The number of aryl methyl sites for hydroxylation is 1. The number of nitrogens with zero attached hydrogens (tertiary/aromatic N) is 1. The summed E-state index contributed by atoms with van der Waals surface area (Å²) < 4.78 is 27.4. The molecule has 1 N–H and O–H groups in total. The minimum absolute atomic E-state index is 0.533. The molecule has 1 aliphatic rings. The molecule has 0 amide bonds. The predicted molar refractivity (Wildman–Crippen MR) is 83.6 cm³/mol. The molecule has 0 saturated heterocycles. The number of nitrogens with one attached hydrogen (secondary N) is 1. The molecule has 1 aromatic heterocycles. The molecule has 1 aromatic rings. The molecule has 4 nitrogen and oxygen atoms in total. The molecule has 20 heavy (non-hydrogen) atoms. The lowest BCUT2D eigenvalue weighted by Crippen LogP contribution is -2.33. The van der Waals surface area contributed by atoms with Gasteiger partial charge in [-0.25, -0.2) is 8.42 Å². The Labute approximate surface area is 126 Å². The van der Waals surface area contributed by atoms with Crippen molar-refractivity contribution in [1.29, 1.82) is 0 Å². The topological polar surface area (TPSA) is 49.4 Å². The Morgan fingerprint density at radius 3 is 2.65 bits per heavy atom.